The van der Waals surface area contributed by atoms with Crippen molar-refractivity contribution < 1.29 is 19.7 Å². The normalized spacial score (nSPS) is 19.5. The van der Waals surface area contributed by atoms with Crippen LogP contribution in [0, 0.1) is 0 Å². The lowest BCUT2D eigenvalue weighted by Gasteiger charge is -2.33. The molecular formula is C23H27N5O4. The highest BCUT2D eigenvalue weighted by molar-refractivity contribution is 5.90. The quantitative estimate of drug-likeness (QED) is 0.634. The van der Waals surface area contributed by atoms with Crippen molar-refractivity contribution in [1.29, 1.82) is 0 Å². The average molecular weight is 438 g/mol. The minimum Gasteiger partial charge on any atom is -0.508 e. The molecule has 2 N–H and O–H groups in total. The zero-order chi connectivity index (χ0) is 22.1. The molecule has 1 aromatic carbocycles. The molecule has 0 aliphatic carbocycles. The third-order valence-corrected chi connectivity index (χ3v) is 5.91. The summed E-state index contributed by atoms with van der Waals surface area (Å²) in [5, 5.41) is 20.3. The van der Waals surface area contributed by atoms with E-state index in [4.69, 9.17) is 24.4 Å². The van der Waals surface area contributed by atoms with Gasteiger partial charge in [-0.25, -0.2) is 4.98 Å². The third-order valence-electron chi connectivity index (χ3n) is 5.91. The number of morpholine rings is 2. The number of aromatic nitrogens is 3. The maximum absolute atomic E-state index is 9.90. The molecule has 4 heterocycles. The van der Waals surface area contributed by atoms with Gasteiger partial charge in [0.05, 0.1) is 43.6 Å². The Kier molecular flexibility index (Phi) is 5.77. The molecule has 1 atom stereocenters. The van der Waals surface area contributed by atoms with Gasteiger partial charge in [-0.15, -0.1) is 0 Å². The first-order valence-corrected chi connectivity index (χ1v) is 10.9. The second-order valence-corrected chi connectivity index (χ2v) is 8.14. The van der Waals surface area contributed by atoms with Gasteiger partial charge in [0.15, 0.2) is 5.65 Å². The molecule has 0 spiro atoms. The summed E-state index contributed by atoms with van der Waals surface area (Å²) in [6.45, 7) is 6.78. The zero-order valence-electron chi connectivity index (χ0n) is 18.1. The number of benzene rings is 1. The van der Waals surface area contributed by atoms with E-state index in [1.165, 1.54) is 0 Å². The first-order chi connectivity index (χ1) is 15.6. The Labute approximate surface area is 186 Å². The SMILES string of the molecule is C[C@@H]1CN(c2nc(N3CCOCC3)c3ccc(-c4ccc(O)c(CO)c4)nc3n2)CCO1. The van der Waals surface area contributed by atoms with Gasteiger partial charge in [-0.05, 0) is 37.3 Å². The molecule has 2 aliphatic rings. The standard InChI is InChI=1S/C23H27N5O4/c1-15-13-28(8-11-32-15)23-25-21-18(22(26-23)27-6-9-31-10-7-27)3-4-19(24-21)16-2-5-20(30)17(12-16)14-29/h2-5,12,15,29-30H,6-11,13-14H2,1H3/t15-/m1/s1. The third kappa shape index (κ3) is 4.06. The molecule has 5 rings (SSSR count). The number of anilines is 2. The van der Waals surface area contributed by atoms with Crippen LogP contribution in [0.5, 0.6) is 5.75 Å². The van der Waals surface area contributed by atoms with Crippen LogP contribution in [-0.4, -0.2) is 77.3 Å². The molecule has 0 amide bonds. The maximum Gasteiger partial charge on any atom is 0.229 e. The van der Waals surface area contributed by atoms with Crippen LogP contribution in [-0.2, 0) is 16.1 Å². The number of phenols is 1. The Morgan fingerprint density at radius 3 is 2.59 bits per heavy atom. The number of ether oxygens (including phenoxy) is 2. The molecule has 2 aromatic heterocycles. The summed E-state index contributed by atoms with van der Waals surface area (Å²) < 4.78 is 11.2. The number of aliphatic hydroxyl groups excluding tert-OH is 1. The van der Waals surface area contributed by atoms with Crippen molar-refractivity contribution in [1.82, 2.24) is 15.0 Å². The van der Waals surface area contributed by atoms with Crippen molar-refractivity contribution in [3.63, 3.8) is 0 Å². The van der Waals surface area contributed by atoms with Crippen molar-refractivity contribution in [2.45, 2.75) is 19.6 Å². The van der Waals surface area contributed by atoms with E-state index in [1.54, 1.807) is 18.2 Å². The minimum atomic E-state index is -0.240. The number of fused-ring (bicyclic) bond motifs is 1. The summed E-state index contributed by atoms with van der Waals surface area (Å²) in [6.07, 6.45) is 0.114. The molecule has 3 aromatic rings. The van der Waals surface area contributed by atoms with Crippen LogP contribution < -0.4 is 9.80 Å². The Balaban J connectivity index is 1.61. The van der Waals surface area contributed by atoms with Gasteiger partial charge in [-0.1, -0.05) is 0 Å². The molecule has 2 fully saturated rings. The monoisotopic (exact) mass is 437 g/mol. The van der Waals surface area contributed by atoms with E-state index in [-0.39, 0.29) is 18.5 Å². The number of aliphatic hydroxyl groups is 1. The number of hydrogen-bond donors (Lipinski definition) is 2. The van der Waals surface area contributed by atoms with Crippen LogP contribution in [0.2, 0.25) is 0 Å². The van der Waals surface area contributed by atoms with Gasteiger partial charge in [0.2, 0.25) is 5.95 Å². The second-order valence-electron chi connectivity index (χ2n) is 8.14. The van der Waals surface area contributed by atoms with Gasteiger partial charge in [0, 0.05) is 37.3 Å². The number of aromatic hydroxyl groups is 1. The molecule has 32 heavy (non-hydrogen) atoms. The molecule has 0 radical (unpaired) electrons. The number of pyridine rings is 1. The molecule has 0 saturated carbocycles. The predicted octanol–water partition coefficient (Wildman–Crippen LogP) is 1.95. The Morgan fingerprint density at radius 2 is 1.81 bits per heavy atom. The smallest absolute Gasteiger partial charge is 0.229 e. The topological polar surface area (TPSA) is 104 Å². The fraction of sp³-hybridized carbons (Fsp3) is 0.435. The highest BCUT2D eigenvalue weighted by atomic mass is 16.5. The largest absolute Gasteiger partial charge is 0.508 e. The molecule has 168 valence electrons. The van der Waals surface area contributed by atoms with E-state index in [0.717, 1.165) is 48.6 Å². The number of rotatable bonds is 4. The first-order valence-electron chi connectivity index (χ1n) is 10.9. The van der Waals surface area contributed by atoms with Crippen molar-refractivity contribution >= 4 is 22.8 Å². The fourth-order valence-electron chi connectivity index (χ4n) is 4.17. The van der Waals surface area contributed by atoms with Gasteiger partial charge in [-0.3, -0.25) is 0 Å². The molecule has 0 unspecified atom stereocenters. The lowest BCUT2D eigenvalue weighted by atomic mass is 10.1. The van der Waals surface area contributed by atoms with Gasteiger partial charge in [0.25, 0.3) is 0 Å². The summed E-state index contributed by atoms with van der Waals surface area (Å²) in [7, 11) is 0. The van der Waals surface area contributed by atoms with E-state index >= 15 is 0 Å². The number of hydrogen-bond acceptors (Lipinski definition) is 9. The van der Waals surface area contributed by atoms with Crippen LogP contribution in [0.1, 0.15) is 12.5 Å². The summed E-state index contributed by atoms with van der Waals surface area (Å²) in [5.41, 5.74) is 2.61. The summed E-state index contributed by atoms with van der Waals surface area (Å²) in [4.78, 5) is 19.0. The van der Waals surface area contributed by atoms with Crippen molar-refractivity contribution in [2.75, 3.05) is 55.8 Å². The first kappa shape index (κ1) is 20.9. The molecule has 9 heteroatoms. The van der Waals surface area contributed by atoms with Crippen LogP contribution >= 0.6 is 0 Å². The maximum atomic E-state index is 9.90. The highest BCUT2D eigenvalue weighted by Gasteiger charge is 2.24. The lowest BCUT2D eigenvalue weighted by molar-refractivity contribution is 0.0526. The Hall–Kier alpha value is -3.01. The predicted molar refractivity (Wildman–Crippen MR) is 121 cm³/mol. The van der Waals surface area contributed by atoms with Gasteiger partial charge < -0.3 is 29.5 Å². The van der Waals surface area contributed by atoms with Gasteiger partial charge >= 0.3 is 0 Å². The van der Waals surface area contributed by atoms with E-state index in [9.17, 15) is 10.2 Å². The molecular weight excluding hydrogens is 410 g/mol. The van der Waals surface area contributed by atoms with E-state index in [1.807, 2.05) is 12.1 Å². The second kappa shape index (κ2) is 8.85. The average Bonchev–Trinajstić information content (AvgIpc) is 2.84. The lowest BCUT2D eigenvalue weighted by Crippen LogP contribution is -2.42. The van der Waals surface area contributed by atoms with Gasteiger partial charge in [0.1, 0.15) is 11.6 Å². The van der Waals surface area contributed by atoms with Gasteiger partial charge in [-0.2, -0.15) is 9.97 Å². The number of nitrogens with zero attached hydrogens (tertiary/aromatic N) is 5. The van der Waals surface area contributed by atoms with Crippen molar-refractivity contribution in [3.8, 4) is 17.0 Å². The van der Waals surface area contributed by atoms with E-state index < -0.39 is 0 Å². The summed E-state index contributed by atoms with van der Waals surface area (Å²) >= 11 is 0. The van der Waals surface area contributed by atoms with Crippen molar-refractivity contribution in [2.24, 2.45) is 0 Å². The molecule has 2 saturated heterocycles. The van der Waals surface area contributed by atoms with Crippen LogP contribution in [0.3, 0.4) is 0 Å². The van der Waals surface area contributed by atoms with Crippen LogP contribution in [0.4, 0.5) is 11.8 Å². The minimum absolute atomic E-state index is 0.0673. The van der Waals surface area contributed by atoms with Crippen molar-refractivity contribution in [3.05, 3.63) is 35.9 Å². The zero-order valence-corrected chi connectivity index (χ0v) is 18.1. The summed E-state index contributed by atoms with van der Waals surface area (Å²) in [6, 6.07) is 9.04. The molecule has 2 aliphatic heterocycles. The summed E-state index contributed by atoms with van der Waals surface area (Å²) in [5.74, 6) is 1.59. The highest BCUT2D eigenvalue weighted by Crippen LogP contribution is 2.31. The molecule has 9 nitrogen and oxygen atoms in total. The van der Waals surface area contributed by atoms with E-state index in [0.29, 0.717) is 37.0 Å². The van der Waals surface area contributed by atoms with E-state index in [2.05, 4.69) is 16.7 Å². The molecule has 0 bridgehead atoms. The Bertz CT molecular complexity index is 1120. The van der Waals surface area contributed by atoms with Crippen LogP contribution in [0.15, 0.2) is 30.3 Å². The Morgan fingerprint density at radius 1 is 1.00 bits per heavy atom. The fourth-order valence-corrected chi connectivity index (χ4v) is 4.17. The van der Waals surface area contributed by atoms with Crippen LogP contribution in [0.25, 0.3) is 22.3 Å².